The van der Waals surface area contributed by atoms with Gasteiger partial charge in [0.1, 0.15) is 6.33 Å². The van der Waals surface area contributed by atoms with E-state index in [2.05, 4.69) is 10.3 Å². The van der Waals surface area contributed by atoms with E-state index in [0.717, 1.165) is 0 Å². The minimum Gasteiger partial charge on any atom is -0.350 e. The third kappa shape index (κ3) is 3.16. The third-order valence-corrected chi connectivity index (χ3v) is 3.76. The predicted molar refractivity (Wildman–Crippen MR) is 95.0 cm³/mol. The normalized spacial score (nSPS) is 11.0. The summed E-state index contributed by atoms with van der Waals surface area (Å²) in [6, 6.07) is 11.9. The molecule has 1 amide bonds. The van der Waals surface area contributed by atoms with Crippen LogP contribution in [0.3, 0.4) is 0 Å². The van der Waals surface area contributed by atoms with Crippen LogP contribution in [0.15, 0.2) is 53.6 Å². The van der Waals surface area contributed by atoms with Gasteiger partial charge < -0.3 is 5.32 Å². The van der Waals surface area contributed by atoms with Gasteiger partial charge in [-0.3, -0.25) is 14.2 Å². The minimum absolute atomic E-state index is 0.0389. The highest BCUT2D eigenvalue weighted by Crippen LogP contribution is 2.15. The molecule has 0 aliphatic heterocycles. The average molecular weight is 342 g/mol. The van der Waals surface area contributed by atoms with Gasteiger partial charge in [-0.1, -0.05) is 17.7 Å². The van der Waals surface area contributed by atoms with Gasteiger partial charge in [0.25, 0.3) is 11.5 Å². The molecule has 0 radical (unpaired) electrons. The number of hydrogen-bond donors (Lipinski definition) is 1. The van der Waals surface area contributed by atoms with Crippen molar-refractivity contribution in [3.8, 4) is 5.69 Å². The molecule has 1 heterocycles. The quantitative estimate of drug-likeness (QED) is 0.795. The number of hydrogen-bond acceptors (Lipinski definition) is 3. The van der Waals surface area contributed by atoms with Crippen molar-refractivity contribution in [2.45, 2.75) is 19.9 Å². The second-order valence-corrected chi connectivity index (χ2v) is 6.20. The molecule has 3 rings (SSSR count). The molecule has 5 nitrogen and oxygen atoms in total. The van der Waals surface area contributed by atoms with E-state index >= 15 is 0 Å². The molecule has 0 aliphatic carbocycles. The first-order valence-electron chi connectivity index (χ1n) is 7.54. The lowest BCUT2D eigenvalue weighted by Crippen LogP contribution is -2.30. The third-order valence-electron chi connectivity index (χ3n) is 3.53. The van der Waals surface area contributed by atoms with Crippen LogP contribution >= 0.6 is 11.6 Å². The van der Waals surface area contributed by atoms with Gasteiger partial charge in [0, 0.05) is 16.6 Å². The fraction of sp³-hybridized carbons (Fsp3) is 0.167. The van der Waals surface area contributed by atoms with E-state index in [9.17, 15) is 9.59 Å². The highest BCUT2D eigenvalue weighted by atomic mass is 35.5. The average Bonchev–Trinajstić information content (AvgIpc) is 2.54. The molecule has 2 aromatic carbocycles. The summed E-state index contributed by atoms with van der Waals surface area (Å²) in [7, 11) is 0. The number of fused-ring (bicyclic) bond motifs is 1. The van der Waals surface area contributed by atoms with Crippen LogP contribution in [0.5, 0.6) is 0 Å². The summed E-state index contributed by atoms with van der Waals surface area (Å²) in [5, 5.41) is 3.80. The maximum absolute atomic E-state index is 12.7. The molecule has 0 saturated carbocycles. The van der Waals surface area contributed by atoms with Crippen LogP contribution in [0, 0.1) is 0 Å². The first-order valence-corrected chi connectivity index (χ1v) is 7.92. The Morgan fingerprint density at radius 1 is 1.21 bits per heavy atom. The Morgan fingerprint density at radius 2 is 2.00 bits per heavy atom. The van der Waals surface area contributed by atoms with Crippen LogP contribution in [-0.2, 0) is 0 Å². The van der Waals surface area contributed by atoms with Gasteiger partial charge in [-0.25, -0.2) is 4.98 Å². The van der Waals surface area contributed by atoms with Crippen LogP contribution in [0.4, 0.5) is 0 Å². The first-order chi connectivity index (χ1) is 11.5. The molecule has 24 heavy (non-hydrogen) atoms. The van der Waals surface area contributed by atoms with Crippen molar-refractivity contribution < 1.29 is 4.79 Å². The molecular weight excluding hydrogens is 326 g/mol. The van der Waals surface area contributed by atoms with E-state index in [0.29, 0.717) is 27.2 Å². The van der Waals surface area contributed by atoms with Gasteiger partial charge in [0.15, 0.2) is 0 Å². The van der Waals surface area contributed by atoms with Gasteiger partial charge in [0.05, 0.1) is 16.6 Å². The smallest absolute Gasteiger partial charge is 0.265 e. The lowest BCUT2D eigenvalue weighted by Gasteiger charge is -2.10. The van der Waals surface area contributed by atoms with Crippen LogP contribution in [-0.4, -0.2) is 21.5 Å². The fourth-order valence-electron chi connectivity index (χ4n) is 2.42. The van der Waals surface area contributed by atoms with Crippen LogP contribution in [0.1, 0.15) is 24.2 Å². The summed E-state index contributed by atoms with van der Waals surface area (Å²) in [6.45, 7) is 3.78. The summed E-state index contributed by atoms with van der Waals surface area (Å²) >= 11 is 5.98. The molecule has 0 fully saturated rings. The Labute approximate surface area is 143 Å². The van der Waals surface area contributed by atoms with E-state index in [-0.39, 0.29) is 17.5 Å². The monoisotopic (exact) mass is 341 g/mol. The molecular formula is C18H16ClN3O2. The first kappa shape index (κ1) is 16.2. The predicted octanol–water partition coefficient (Wildman–Crippen LogP) is 3.18. The Balaban J connectivity index is 2.08. The number of carbonyl (C=O) groups excluding carboxylic acids is 1. The maximum Gasteiger partial charge on any atom is 0.265 e. The molecule has 1 N–H and O–H groups in total. The van der Waals surface area contributed by atoms with E-state index in [1.165, 1.54) is 10.9 Å². The van der Waals surface area contributed by atoms with Crippen molar-refractivity contribution >= 4 is 28.4 Å². The Bertz CT molecular complexity index is 979. The maximum atomic E-state index is 12.7. The van der Waals surface area contributed by atoms with Gasteiger partial charge in [-0.2, -0.15) is 0 Å². The van der Waals surface area contributed by atoms with Gasteiger partial charge in [-0.15, -0.1) is 0 Å². The molecule has 0 aliphatic rings. The summed E-state index contributed by atoms with van der Waals surface area (Å²) in [6.07, 6.45) is 1.44. The summed E-state index contributed by atoms with van der Waals surface area (Å²) in [4.78, 5) is 29.1. The zero-order valence-electron chi connectivity index (χ0n) is 13.3. The van der Waals surface area contributed by atoms with Crippen molar-refractivity contribution in [1.29, 1.82) is 0 Å². The number of amides is 1. The number of rotatable bonds is 3. The van der Waals surface area contributed by atoms with Gasteiger partial charge >= 0.3 is 0 Å². The molecule has 0 atom stereocenters. The highest BCUT2D eigenvalue weighted by molar-refractivity contribution is 6.30. The van der Waals surface area contributed by atoms with E-state index in [1.54, 1.807) is 42.5 Å². The molecule has 1 aromatic heterocycles. The van der Waals surface area contributed by atoms with Gasteiger partial charge in [-0.05, 0) is 50.2 Å². The Morgan fingerprint density at radius 3 is 2.71 bits per heavy atom. The molecule has 0 bridgehead atoms. The highest BCUT2D eigenvalue weighted by Gasteiger charge is 2.11. The van der Waals surface area contributed by atoms with Crippen molar-refractivity contribution in [1.82, 2.24) is 14.9 Å². The Hall–Kier alpha value is -2.66. The van der Waals surface area contributed by atoms with Gasteiger partial charge in [0.2, 0.25) is 0 Å². The lowest BCUT2D eigenvalue weighted by molar-refractivity contribution is 0.0943. The zero-order chi connectivity index (χ0) is 17.3. The number of halogens is 1. The topological polar surface area (TPSA) is 64.0 Å². The minimum atomic E-state index is -0.210. The molecule has 122 valence electrons. The standard InChI is InChI=1S/C18H16ClN3O2/c1-11(2)21-17(23)12-6-7-15-16(8-12)20-10-22(18(15)24)14-5-3-4-13(19)9-14/h3-11H,1-2H3,(H,21,23). The van der Waals surface area contributed by atoms with E-state index in [1.807, 2.05) is 13.8 Å². The molecule has 0 spiro atoms. The fourth-order valence-corrected chi connectivity index (χ4v) is 2.60. The number of carbonyl (C=O) groups is 1. The van der Waals surface area contributed by atoms with E-state index in [4.69, 9.17) is 11.6 Å². The second kappa shape index (κ2) is 6.45. The number of aromatic nitrogens is 2. The largest absolute Gasteiger partial charge is 0.350 e. The molecule has 6 heteroatoms. The summed E-state index contributed by atoms with van der Waals surface area (Å²) in [5.41, 5.74) is 1.39. The van der Waals surface area contributed by atoms with Crippen molar-refractivity contribution in [2.75, 3.05) is 0 Å². The number of nitrogens with one attached hydrogen (secondary N) is 1. The molecule has 3 aromatic rings. The Kier molecular flexibility index (Phi) is 4.36. The van der Waals surface area contributed by atoms with Crippen molar-refractivity contribution in [2.24, 2.45) is 0 Å². The van der Waals surface area contributed by atoms with Crippen molar-refractivity contribution in [3.05, 3.63) is 69.7 Å². The second-order valence-electron chi connectivity index (χ2n) is 5.76. The summed E-state index contributed by atoms with van der Waals surface area (Å²) in [5.74, 6) is -0.187. The number of nitrogens with zero attached hydrogens (tertiary/aromatic N) is 2. The van der Waals surface area contributed by atoms with Crippen molar-refractivity contribution in [3.63, 3.8) is 0 Å². The zero-order valence-corrected chi connectivity index (χ0v) is 14.0. The summed E-state index contributed by atoms with van der Waals surface area (Å²) < 4.78 is 1.43. The SMILES string of the molecule is CC(C)NC(=O)c1ccc2c(=O)n(-c3cccc(Cl)c3)cnc2c1. The molecule has 0 saturated heterocycles. The number of benzene rings is 2. The van der Waals surface area contributed by atoms with Crippen LogP contribution in [0.25, 0.3) is 16.6 Å². The lowest BCUT2D eigenvalue weighted by atomic mass is 10.1. The molecule has 0 unspecified atom stereocenters. The van der Waals surface area contributed by atoms with Crippen LogP contribution < -0.4 is 10.9 Å². The van der Waals surface area contributed by atoms with E-state index < -0.39 is 0 Å². The van der Waals surface area contributed by atoms with Crippen LogP contribution in [0.2, 0.25) is 5.02 Å².